The molecule has 12 heteroatoms. The second kappa shape index (κ2) is 8.13. The highest BCUT2D eigenvalue weighted by Gasteiger charge is 2.31. The van der Waals surface area contributed by atoms with Gasteiger partial charge in [0.15, 0.2) is 7.05 Å². The number of anilines is 1. The molecule has 3 rings (SSSR count). The Morgan fingerprint density at radius 3 is 2.43 bits per heavy atom. The van der Waals surface area contributed by atoms with Gasteiger partial charge in [-0.1, -0.05) is 11.6 Å². The Morgan fingerprint density at radius 1 is 1.21 bits per heavy atom. The second-order valence-electron chi connectivity index (χ2n) is 6.09. The fourth-order valence-electron chi connectivity index (χ4n) is 2.97. The maximum Gasteiger partial charge on any atom is 0.276 e. The Bertz CT molecular complexity index is 1020. The lowest BCUT2D eigenvalue weighted by atomic mass is 10.1. The summed E-state index contributed by atoms with van der Waals surface area (Å²) in [5.41, 5.74) is 2.48. The molecular formula is C16H18ClN4O5S2+. The van der Waals surface area contributed by atoms with E-state index >= 15 is 0 Å². The number of sulfonamides is 1. The first kappa shape index (κ1) is 20.7. The van der Waals surface area contributed by atoms with Crippen molar-refractivity contribution in [1.29, 1.82) is 0 Å². The highest BCUT2D eigenvalue weighted by molar-refractivity contribution is 7.91. The zero-order valence-corrected chi connectivity index (χ0v) is 17.2. The first-order chi connectivity index (χ1) is 13.2. The van der Waals surface area contributed by atoms with Crippen LogP contribution >= 0.6 is 22.9 Å². The topological polar surface area (TPSA) is 110 Å². The third kappa shape index (κ3) is 4.03. The van der Waals surface area contributed by atoms with Crippen molar-refractivity contribution in [3.8, 4) is 0 Å². The Kier molecular flexibility index (Phi) is 6.01. The van der Waals surface area contributed by atoms with Gasteiger partial charge in [-0.3, -0.25) is 10.0 Å². The van der Waals surface area contributed by atoms with Gasteiger partial charge in [-0.15, -0.1) is 11.3 Å². The predicted molar refractivity (Wildman–Crippen MR) is 105 cm³/mol. The van der Waals surface area contributed by atoms with E-state index in [0.29, 0.717) is 27.9 Å². The average molecular weight is 446 g/mol. The number of nitroso groups, excluding NO2 is 1. The maximum atomic E-state index is 12.7. The van der Waals surface area contributed by atoms with E-state index in [9.17, 15) is 18.1 Å². The SMILES string of the molecule is C[N+](=O)c1ccc(N2CCN(S(=O)(=O)c3ccc(Cl)s3)CC2)c(C(=O)NO)c1. The quantitative estimate of drug-likeness (QED) is 0.414. The highest BCUT2D eigenvalue weighted by Crippen LogP contribution is 2.30. The molecule has 1 aliphatic rings. The lowest BCUT2D eigenvalue weighted by Crippen LogP contribution is -2.49. The summed E-state index contributed by atoms with van der Waals surface area (Å²) < 4.78 is 28.0. The summed E-state index contributed by atoms with van der Waals surface area (Å²) in [5, 5.41) is 9.01. The number of amides is 1. The van der Waals surface area contributed by atoms with E-state index in [0.717, 1.165) is 11.3 Å². The zero-order chi connectivity index (χ0) is 20.5. The minimum absolute atomic E-state index is 0.129. The number of carbonyl (C=O) groups excluding carboxylic acids is 1. The lowest BCUT2D eigenvalue weighted by Gasteiger charge is -2.35. The molecule has 0 bridgehead atoms. The molecule has 0 aliphatic carbocycles. The van der Waals surface area contributed by atoms with Crippen molar-refractivity contribution in [3.63, 3.8) is 0 Å². The minimum Gasteiger partial charge on any atom is -0.368 e. The summed E-state index contributed by atoms with van der Waals surface area (Å²) in [6.07, 6.45) is 0. The summed E-state index contributed by atoms with van der Waals surface area (Å²) in [6, 6.07) is 7.58. The second-order valence-corrected chi connectivity index (χ2v) is 9.97. The van der Waals surface area contributed by atoms with Crippen molar-refractivity contribution in [3.05, 3.63) is 45.1 Å². The molecule has 2 heterocycles. The van der Waals surface area contributed by atoms with Crippen molar-refractivity contribution in [2.75, 3.05) is 38.1 Å². The number of hydrogen-bond acceptors (Lipinski definition) is 7. The number of halogens is 1. The van der Waals surface area contributed by atoms with Crippen molar-refractivity contribution >= 4 is 50.2 Å². The predicted octanol–water partition coefficient (Wildman–Crippen LogP) is 2.07. The van der Waals surface area contributed by atoms with Crippen molar-refractivity contribution in [1.82, 2.24) is 9.79 Å². The smallest absolute Gasteiger partial charge is 0.276 e. The number of thiophene rings is 1. The molecule has 9 nitrogen and oxygen atoms in total. The largest absolute Gasteiger partial charge is 0.368 e. The van der Waals surface area contributed by atoms with Crippen LogP contribution in [0.25, 0.3) is 0 Å². The molecule has 1 aromatic heterocycles. The molecule has 0 radical (unpaired) electrons. The fourth-order valence-corrected chi connectivity index (χ4v) is 6.03. The number of rotatable bonds is 5. The van der Waals surface area contributed by atoms with E-state index in [4.69, 9.17) is 16.8 Å². The first-order valence-corrected chi connectivity index (χ1v) is 10.9. The van der Waals surface area contributed by atoms with Gasteiger partial charge in [-0.25, -0.2) is 13.9 Å². The summed E-state index contributed by atoms with van der Waals surface area (Å²) in [4.78, 5) is 25.4. The van der Waals surface area contributed by atoms with Gasteiger partial charge in [0.25, 0.3) is 21.6 Å². The zero-order valence-electron chi connectivity index (χ0n) is 14.8. The van der Waals surface area contributed by atoms with E-state index in [-0.39, 0.29) is 28.5 Å². The third-order valence-electron chi connectivity index (χ3n) is 4.41. The van der Waals surface area contributed by atoms with Crippen LogP contribution in [0.15, 0.2) is 34.5 Å². The van der Waals surface area contributed by atoms with Crippen LogP contribution < -0.4 is 10.4 Å². The molecule has 0 spiro atoms. The van der Waals surface area contributed by atoms with Crippen LogP contribution in [0.4, 0.5) is 11.4 Å². The monoisotopic (exact) mass is 445 g/mol. The van der Waals surface area contributed by atoms with Crippen LogP contribution in [0.2, 0.25) is 4.34 Å². The molecule has 1 fully saturated rings. The molecule has 150 valence electrons. The number of hydroxylamine groups is 1. The first-order valence-electron chi connectivity index (χ1n) is 8.24. The molecule has 28 heavy (non-hydrogen) atoms. The minimum atomic E-state index is -3.62. The standard InChI is InChI=1S/C16H17ClN4O5S2/c1-19(24)11-2-3-13(12(10-11)16(22)18-23)20-6-8-21(9-7-20)28(25,26)15-5-4-14(17)27-15/h2-5,10H,6-9H2,1H3,(H-,18,22,23)/p+1. The van der Waals surface area contributed by atoms with Crippen LogP contribution in [0.3, 0.4) is 0 Å². The average Bonchev–Trinajstić information content (AvgIpc) is 3.14. The molecule has 1 aliphatic heterocycles. The Hall–Kier alpha value is -2.05. The molecule has 1 amide bonds. The van der Waals surface area contributed by atoms with Gasteiger partial charge >= 0.3 is 0 Å². The third-order valence-corrected chi connectivity index (χ3v) is 8.01. The van der Waals surface area contributed by atoms with Crippen molar-refractivity contribution < 1.29 is 23.2 Å². The van der Waals surface area contributed by atoms with Crippen LogP contribution in [-0.2, 0) is 10.0 Å². The maximum absolute atomic E-state index is 12.7. The molecule has 1 saturated heterocycles. The van der Waals surface area contributed by atoms with Gasteiger partial charge in [-0.05, 0) is 18.2 Å². The molecule has 0 atom stereocenters. The molecule has 0 unspecified atom stereocenters. The van der Waals surface area contributed by atoms with Gasteiger partial charge in [0, 0.05) is 48.0 Å². The number of nitrogens with one attached hydrogen (secondary N) is 1. The Balaban J connectivity index is 1.81. The number of piperazine rings is 1. The summed E-state index contributed by atoms with van der Waals surface area (Å²) in [6.45, 7) is 1.13. The van der Waals surface area contributed by atoms with E-state index in [1.54, 1.807) is 23.7 Å². The number of benzene rings is 1. The van der Waals surface area contributed by atoms with Crippen LogP contribution in [0.1, 0.15) is 10.4 Å². The Morgan fingerprint density at radius 2 is 1.89 bits per heavy atom. The molecular weight excluding hydrogens is 428 g/mol. The summed E-state index contributed by atoms with van der Waals surface area (Å²) in [7, 11) is -2.32. The van der Waals surface area contributed by atoms with Crippen LogP contribution in [-0.4, -0.2) is 61.8 Å². The Labute approximate surface area is 170 Å². The van der Waals surface area contributed by atoms with Crippen molar-refractivity contribution in [2.45, 2.75) is 4.21 Å². The number of nitrogens with zero attached hydrogens (tertiary/aromatic N) is 3. The lowest BCUT2D eigenvalue weighted by molar-refractivity contribution is -0.428. The van der Waals surface area contributed by atoms with Gasteiger partial charge in [0.05, 0.1) is 15.6 Å². The van der Waals surface area contributed by atoms with Crippen molar-refractivity contribution in [2.24, 2.45) is 0 Å². The van der Waals surface area contributed by atoms with E-state index < -0.39 is 15.9 Å². The normalized spacial score (nSPS) is 15.5. The molecule has 2 aromatic rings. The van der Waals surface area contributed by atoms with E-state index in [1.807, 2.05) is 4.90 Å². The van der Waals surface area contributed by atoms with Gasteiger partial charge in [0.1, 0.15) is 4.21 Å². The fraction of sp³-hybridized carbons (Fsp3) is 0.312. The molecule has 1 aromatic carbocycles. The van der Waals surface area contributed by atoms with Crippen LogP contribution in [0.5, 0.6) is 0 Å². The summed E-state index contributed by atoms with van der Waals surface area (Å²) in [5.74, 6) is -0.748. The number of carbonyl (C=O) groups is 1. The highest BCUT2D eigenvalue weighted by atomic mass is 35.5. The van der Waals surface area contributed by atoms with E-state index in [2.05, 4.69) is 0 Å². The molecule has 0 saturated carbocycles. The number of hydrogen-bond donors (Lipinski definition) is 2. The molecule has 2 N–H and O–H groups in total. The van der Waals surface area contributed by atoms with Gasteiger partial charge in [0.2, 0.25) is 0 Å². The van der Waals surface area contributed by atoms with Gasteiger partial charge in [-0.2, -0.15) is 4.31 Å². The van der Waals surface area contributed by atoms with Crippen LogP contribution in [0, 0.1) is 4.91 Å². The van der Waals surface area contributed by atoms with E-state index in [1.165, 1.54) is 23.5 Å². The van der Waals surface area contributed by atoms with Gasteiger partial charge < -0.3 is 4.90 Å². The summed E-state index contributed by atoms with van der Waals surface area (Å²) >= 11 is 6.85.